The average molecular weight is 371 g/mol. The van der Waals surface area contributed by atoms with Crippen LogP contribution in [0.1, 0.15) is 11.6 Å². The lowest BCUT2D eigenvalue weighted by Gasteiger charge is -2.37. The van der Waals surface area contributed by atoms with Crippen molar-refractivity contribution in [1.29, 1.82) is 0 Å². The Balaban J connectivity index is 1.47. The number of hydrogen-bond acceptors (Lipinski definition) is 7. The van der Waals surface area contributed by atoms with Crippen LogP contribution in [-0.4, -0.2) is 28.4 Å². The second-order valence-corrected chi connectivity index (χ2v) is 7.00. The van der Waals surface area contributed by atoms with Crippen molar-refractivity contribution in [1.82, 2.24) is 25.3 Å². The molecule has 1 aliphatic heterocycles. The van der Waals surface area contributed by atoms with Gasteiger partial charge in [0.1, 0.15) is 5.82 Å². The van der Waals surface area contributed by atoms with Crippen molar-refractivity contribution in [3.63, 3.8) is 0 Å². The summed E-state index contributed by atoms with van der Waals surface area (Å²) in [7, 11) is -4.06. The number of nitrogens with one attached hydrogen (secondary N) is 3. The van der Waals surface area contributed by atoms with Crippen LogP contribution in [0.5, 0.6) is 0 Å². The number of H-pyrrole nitrogens is 2. The summed E-state index contributed by atoms with van der Waals surface area (Å²) in [5.74, 6) is -0.889. The third-order valence-corrected chi connectivity index (χ3v) is 4.94. The predicted octanol–water partition coefficient (Wildman–Crippen LogP) is 1.63. The fourth-order valence-corrected chi connectivity index (χ4v) is 3.78. The zero-order valence-corrected chi connectivity index (χ0v) is 14.1. The molecule has 0 unspecified atom stereocenters. The molecule has 4 aromatic rings. The molecular weight excluding hydrogens is 358 g/mol. The lowest BCUT2D eigenvalue weighted by Crippen LogP contribution is -2.58. The molecule has 2 aromatic heterocycles. The maximum Gasteiger partial charge on any atom is 0.408 e. The molecule has 10 heteroatoms. The van der Waals surface area contributed by atoms with Gasteiger partial charge in [-0.15, -0.1) is 0 Å². The molecule has 0 radical (unpaired) electrons. The van der Waals surface area contributed by atoms with Crippen molar-refractivity contribution in [2.75, 3.05) is 0 Å². The van der Waals surface area contributed by atoms with E-state index in [9.17, 15) is 8.42 Å². The van der Waals surface area contributed by atoms with E-state index in [0.717, 1.165) is 16.6 Å². The predicted molar refractivity (Wildman–Crippen MR) is 91.8 cm³/mol. The van der Waals surface area contributed by atoms with E-state index >= 15 is 0 Å². The first-order valence-corrected chi connectivity index (χ1v) is 9.16. The summed E-state index contributed by atoms with van der Waals surface area (Å²) in [6.07, 6.45) is 0. The molecule has 1 saturated heterocycles. The van der Waals surface area contributed by atoms with E-state index in [4.69, 9.17) is 8.37 Å². The van der Waals surface area contributed by atoms with Crippen molar-refractivity contribution in [2.24, 2.45) is 0 Å². The van der Waals surface area contributed by atoms with Gasteiger partial charge in [0.05, 0.1) is 28.6 Å². The normalized spacial score (nSPS) is 18.2. The molecule has 3 N–H and O–H groups in total. The Morgan fingerprint density at radius 1 is 0.923 bits per heavy atom. The van der Waals surface area contributed by atoms with Crippen LogP contribution >= 0.6 is 0 Å². The van der Waals surface area contributed by atoms with E-state index in [0.29, 0.717) is 11.3 Å². The first-order valence-electron chi connectivity index (χ1n) is 7.83. The Labute approximate surface area is 147 Å². The molecule has 26 heavy (non-hydrogen) atoms. The number of nitrogens with zero attached hydrogens (tertiary/aromatic N) is 2. The Morgan fingerprint density at radius 3 is 2.15 bits per heavy atom. The molecule has 0 amide bonds. The second-order valence-electron chi connectivity index (χ2n) is 5.85. The number of aromatic nitrogens is 4. The topological polar surface area (TPSA) is 122 Å². The summed E-state index contributed by atoms with van der Waals surface area (Å²) in [6.45, 7) is 0.182. The number of benzene rings is 2. The summed E-state index contributed by atoms with van der Waals surface area (Å²) < 4.78 is 33.0. The molecule has 2 aromatic carbocycles. The Morgan fingerprint density at radius 2 is 1.54 bits per heavy atom. The van der Waals surface area contributed by atoms with E-state index in [1.165, 1.54) is 0 Å². The summed E-state index contributed by atoms with van der Waals surface area (Å²) in [4.78, 5) is 15.0. The number of fused-ring (bicyclic) bond motifs is 2. The minimum atomic E-state index is -4.06. The highest BCUT2D eigenvalue weighted by Gasteiger charge is 2.56. The van der Waals surface area contributed by atoms with Gasteiger partial charge in [-0.25, -0.2) is 15.3 Å². The molecule has 1 aliphatic rings. The monoisotopic (exact) mass is 371 g/mol. The molecular formula is C16H13N5O4S. The quantitative estimate of drug-likeness (QED) is 0.498. The van der Waals surface area contributed by atoms with Crippen molar-refractivity contribution in [3.8, 4) is 0 Å². The van der Waals surface area contributed by atoms with E-state index in [2.05, 4.69) is 25.3 Å². The molecule has 0 atom stereocenters. The van der Waals surface area contributed by atoms with Gasteiger partial charge < -0.3 is 9.97 Å². The smallest absolute Gasteiger partial charge is 0.341 e. The molecule has 5 rings (SSSR count). The van der Waals surface area contributed by atoms with Gasteiger partial charge in [0.2, 0.25) is 0 Å². The highest BCUT2D eigenvalue weighted by atomic mass is 32.3. The molecule has 9 nitrogen and oxygen atoms in total. The first kappa shape index (κ1) is 15.5. The van der Waals surface area contributed by atoms with E-state index in [1.807, 2.05) is 42.5 Å². The molecule has 1 fully saturated rings. The lowest BCUT2D eigenvalue weighted by molar-refractivity contribution is -0.225. The summed E-state index contributed by atoms with van der Waals surface area (Å²) in [6, 6.07) is 14.9. The van der Waals surface area contributed by atoms with Crippen LogP contribution < -0.4 is 5.32 Å². The van der Waals surface area contributed by atoms with E-state index in [-0.39, 0.29) is 12.4 Å². The maximum absolute atomic E-state index is 11.5. The van der Waals surface area contributed by atoms with Gasteiger partial charge in [-0.05, 0) is 24.3 Å². The second kappa shape index (κ2) is 5.35. The number of imidazole rings is 2. The fourth-order valence-electron chi connectivity index (χ4n) is 2.91. The van der Waals surface area contributed by atoms with Crippen molar-refractivity contribution in [2.45, 2.75) is 12.5 Å². The van der Waals surface area contributed by atoms with Crippen LogP contribution in [0.25, 0.3) is 22.1 Å². The van der Waals surface area contributed by atoms with E-state index < -0.39 is 16.3 Å². The average Bonchev–Trinajstić information content (AvgIpc) is 3.21. The van der Waals surface area contributed by atoms with Crippen LogP contribution in [0, 0.1) is 0 Å². The van der Waals surface area contributed by atoms with Crippen LogP contribution in [-0.2, 0) is 31.2 Å². The van der Waals surface area contributed by atoms with E-state index in [1.54, 1.807) is 6.07 Å². The Bertz CT molecular complexity index is 1150. The molecule has 132 valence electrons. The Kier molecular flexibility index (Phi) is 3.18. The van der Waals surface area contributed by atoms with Crippen LogP contribution in [0.3, 0.4) is 0 Å². The number of hydrogen-bond donors (Lipinski definition) is 3. The first-order chi connectivity index (χ1) is 12.5. The third-order valence-electron chi connectivity index (χ3n) is 4.07. The van der Waals surface area contributed by atoms with Crippen LogP contribution in [0.4, 0.5) is 0 Å². The molecule has 0 bridgehead atoms. The van der Waals surface area contributed by atoms with Gasteiger partial charge in [0.15, 0.2) is 5.82 Å². The number of para-hydroxylation sites is 4. The maximum atomic E-state index is 11.5. The van der Waals surface area contributed by atoms with Gasteiger partial charge in [0, 0.05) is 0 Å². The summed E-state index contributed by atoms with van der Waals surface area (Å²) in [5.41, 5.74) is 3.10. The van der Waals surface area contributed by atoms with Gasteiger partial charge in [-0.2, -0.15) is 16.8 Å². The zero-order chi connectivity index (χ0) is 17.8. The number of aromatic amines is 2. The van der Waals surface area contributed by atoms with Crippen molar-refractivity contribution in [3.05, 3.63) is 60.2 Å². The minimum absolute atomic E-state index is 0.182. The number of rotatable bonds is 4. The SMILES string of the molecule is O=S1(=O)OC(NCc2nc3ccccc3[nH]2)(c2nc3ccccc3[nH]2)O1. The van der Waals surface area contributed by atoms with Crippen LogP contribution in [0.15, 0.2) is 48.5 Å². The molecule has 0 saturated carbocycles. The van der Waals surface area contributed by atoms with Gasteiger partial charge in [-0.1, -0.05) is 24.3 Å². The Hall–Kier alpha value is -2.79. The molecule has 0 aliphatic carbocycles. The lowest BCUT2D eigenvalue weighted by atomic mass is 10.3. The van der Waals surface area contributed by atoms with Gasteiger partial charge in [0.25, 0.3) is 0 Å². The van der Waals surface area contributed by atoms with Crippen molar-refractivity contribution < 1.29 is 16.8 Å². The van der Waals surface area contributed by atoms with Gasteiger partial charge in [-0.3, -0.25) is 0 Å². The summed E-state index contributed by atoms with van der Waals surface area (Å²) in [5, 5.41) is 2.93. The van der Waals surface area contributed by atoms with Crippen LogP contribution in [0.2, 0.25) is 0 Å². The third kappa shape index (κ3) is 2.47. The highest BCUT2D eigenvalue weighted by Crippen LogP contribution is 2.37. The van der Waals surface area contributed by atoms with Gasteiger partial charge >= 0.3 is 16.3 Å². The standard InChI is InChI=1S/C16H13N5O4S/c22-26(23)24-16(25-26,15-20-12-7-3-4-8-13(12)21-15)17-9-14-18-10-5-1-2-6-11(10)19-14/h1-8,17H,9H2,(H,18,19)(H,20,21). The summed E-state index contributed by atoms with van der Waals surface area (Å²) >= 11 is 0. The minimum Gasteiger partial charge on any atom is -0.341 e. The fraction of sp³-hybridized carbons (Fsp3) is 0.125. The zero-order valence-electron chi connectivity index (χ0n) is 13.3. The van der Waals surface area contributed by atoms with Crippen molar-refractivity contribution >= 4 is 32.5 Å². The highest BCUT2D eigenvalue weighted by molar-refractivity contribution is 7.82. The molecule has 3 heterocycles. The molecule has 0 spiro atoms. The largest absolute Gasteiger partial charge is 0.408 e.